The number of fused-ring (bicyclic) bond motifs is 1. The number of amides is 1. The number of carbonyl (C=O) groups is 1. The van der Waals surface area contributed by atoms with Gasteiger partial charge in [-0.1, -0.05) is 60.7 Å². The zero-order chi connectivity index (χ0) is 20.1. The Morgan fingerprint density at radius 2 is 1.83 bits per heavy atom. The van der Waals surface area contributed by atoms with Crippen molar-refractivity contribution in [2.45, 2.75) is 32.7 Å². The number of benzene rings is 2. The maximum atomic E-state index is 13.2. The van der Waals surface area contributed by atoms with Crippen LogP contribution in [0.1, 0.15) is 30.2 Å². The number of hydrogen-bond acceptors (Lipinski definition) is 4. The summed E-state index contributed by atoms with van der Waals surface area (Å²) in [4.78, 5) is 24.1. The Morgan fingerprint density at radius 3 is 2.59 bits per heavy atom. The van der Waals surface area contributed by atoms with E-state index in [9.17, 15) is 4.79 Å². The second-order valence-corrected chi connectivity index (χ2v) is 7.95. The van der Waals surface area contributed by atoms with Crippen molar-refractivity contribution < 1.29 is 4.79 Å². The summed E-state index contributed by atoms with van der Waals surface area (Å²) in [5.74, 6) is 0.0641. The second kappa shape index (κ2) is 8.97. The molecule has 0 aliphatic rings. The van der Waals surface area contributed by atoms with Crippen LogP contribution in [0.2, 0.25) is 0 Å². The lowest BCUT2D eigenvalue weighted by atomic mass is 10.1. The largest absolute Gasteiger partial charge is 0.282 e. The molecule has 4 rings (SSSR count). The van der Waals surface area contributed by atoms with Gasteiger partial charge in [0.05, 0.1) is 22.5 Å². The quantitative estimate of drug-likeness (QED) is 0.415. The molecule has 0 spiro atoms. The minimum atomic E-state index is 0.0641. The smallest absolute Gasteiger partial charge is 0.229 e. The van der Waals surface area contributed by atoms with Crippen LogP contribution in [-0.4, -0.2) is 15.9 Å². The summed E-state index contributed by atoms with van der Waals surface area (Å²) in [6.45, 7) is 2.57. The Bertz CT molecular complexity index is 1090. The summed E-state index contributed by atoms with van der Waals surface area (Å²) in [5, 5.41) is 0.733. The number of aromatic nitrogens is 2. The predicted octanol–water partition coefficient (Wildman–Crippen LogP) is 5.42. The Balaban J connectivity index is 1.61. The molecule has 0 saturated heterocycles. The van der Waals surface area contributed by atoms with Crippen LogP contribution in [-0.2, 0) is 24.2 Å². The normalized spacial score (nSPS) is 10.9. The third kappa shape index (κ3) is 4.69. The first-order chi connectivity index (χ1) is 14.2. The van der Waals surface area contributed by atoms with Crippen LogP contribution in [0, 0.1) is 0 Å². The van der Waals surface area contributed by atoms with Gasteiger partial charge in [0.2, 0.25) is 5.91 Å². The zero-order valence-electron chi connectivity index (χ0n) is 16.4. The van der Waals surface area contributed by atoms with Crippen LogP contribution in [0.4, 0.5) is 5.13 Å². The van der Waals surface area contributed by atoms with Crippen molar-refractivity contribution in [1.29, 1.82) is 0 Å². The van der Waals surface area contributed by atoms with Crippen molar-refractivity contribution in [2.24, 2.45) is 0 Å². The highest BCUT2D eigenvalue weighted by molar-refractivity contribution is 7.22. The molecule has 0 bridgehead atoms. The number of rotatable bonds is 7. The lowest BCUT2D eigenvalue weighted by molar-refractivity contribution is -0.118. The van der Waals surface area contributed by atoms with Gasteiger partial charge in [0, 0.05) is 12.6 Å². The van der Waals surface area contributed by atoms with Gasteiger partial charge in [0.1, 0.15) is 0 Å². The molecule has 0 atom stereocenters. The van der Waals surface area contributed by atoms with Crippen molar-refractivity contribution in [2.75, 3.05) is 4.90 Å². The molecule has 146 valence electrons. The van der Waals surface area contributed by atoms with Gasteiger partial charge < -0.3 is 0 Å². The van der Waals surface area contributed by atoms with Crippen LogP contribution in [0.15, 0.2) is 72.9 Å². The lowest BCUT2D eigenvalue weighted by Crippen LogP contribution is -2.30. The molecule has 5 heteroatoms. The molecular formula is C24H23N3OS. The Kier molecular flexibility index (Phi) is 5.96. The molecule has 0 aliphatic carbocycles. The van der Waals surface area contributed by atoms with E-state index in [0.717, 1.165) is 33.0 Å². The van der Waals surface area contributed by atoms with Gasteiger partial charge in [-0.3, -0.25) is 14.7 Å². The number of nitrogens with zero attached hydrogens (tertiary/aromatic N) is 3. The van der Waals surface area contributed by atoms with Gasteiger partial charge >= 0.3 is 0 Å². The van der Waals surface area contributed by atoms with E-state index < -0.39 is 0 Å². The van der Waals surface area contributed by atoms with E-state index in [1.54, 1.807) is 22.4 Å². The first-order valence-electron chi connectivity index (χ1n) is 9.86. The summed E-state index contributed by atoms with van der Waals surface area (Å²) in [6.07, 6.45) is 3.89. The molecule has 0 fully saturated rings. The van der Waals surface area contributed by atoms with E-state index in [-0.39, 0.29) is 5.91 Å². The fourth-order valence-corrected chi connectivity index (χ4v) is 4.29. The van der Waals surface area contributed by atoms with Crippen LogP contribution >= 0.6 is 11.3 Å². The Hall–Kier alpha value is -3.05. The summed E-state index contributed by atoms with van der Waals surface area (Å²) in [5.41, 5.74) is 4.23. The van der Waals surface area contributed by atoms with E-state index >= 15 is 0 Å². The number of anilines is 1. The number of pyridine rings is 1. The molecule has 4 nitrogen and oxygen atoms in total. The van der Waals surface area contributed by atoms with Crippen molar-refractivity contribution in [3.63, 3.8) is 0 Å². The first kappa shape index (κ1) is 19.3. The molecule has 0 aliphatic heterocycles. The summed E-state index contributed by atoms with van der Waals surface area (Å²) in [6, 6.07) is 22.2. The van der Waals surface area contributed by atoms with Crippen molar-refractivity contribution in [3.05, 3.63) is 89.7 Å². The molecule has 2 aromatic heterocycles. The van der Waals surface area contributed by atoms with Crippen molar-refractivity contribution in [3.8, 4) is 0 Å². The maximum Gasteiger partial charge on any atom is 0.229 e. The molecule has 29 heavy (non-hydrogen) atoms. The Morgan fingerprint density at radius 1 is 1.00 bits per heavy atom. The highest BCUT2D eigenvalue weighted by Gasteiger charge is 2.20. The summed E-state index contributed by atoms with van der Waals surface area (Å²) < 4.78 is 1.11. The molecule has 2 aromatic carbocycles. The molecule has 1 amide bonds. The van der Waals surface area contributed by atoms with E-state index in [1.807, 2.05) is 42.5 Å². The van der Waals surface area contributed by atoms with Gasteiger partial charge in [0.25, 0.3) is 0 Å². The number of thiazole rings is 1. The van der Waals surface area contributed by atoms with Crippen LogP contribution in [0.5, 0.6) is 0 Å². The predicted molar refractivity (Wildman–Crippen MR) is 119 cm³/mol. The lowest BCUT2D eigenvalue weighted by Gasteiger charge is -2.19. The monoisotopic (exact) mass is 401 g/mol. The molecule has 4 aromatic rings. The number of aryl methyl sites for hydroxylation is 2. The van der Waals surface area contributed by atoms with Gasteiger partial charge in [0.15, 0.2) is 5.13 Å². The summed E-state index contributed by atoms with van der Waals surface area (Å²) in [7, 11) is 0. The number of hydrogen-bond donors (Lipinski definition) is 0. The van der Waals surface area contributed by atoms with E-state index in [1.165, 1.54) is 5.56 Å². The molecule has 0 N–H and O–H groups in total. The SMILES string of the molecule is CCc1ccc2nc(N(Cc3ccccn3)C(=O)CCc3ccccc3)sc2c1. The van der Waals surface area contributed by atoms with Crippen molar-refractivity contribution >= 4 is 32.6 Å². The fraction of sp³-hybridized carbons (Fsp3) is 0.208. The maximum absolute atomic E-state index is 13.2. The average Bonchev–Trinajstić information content (AvgIpc) is 3.20. The first-order valence-corrected chi connectivity index (χ1v) is 10.7. The Labute approximate surface area is 174 Å². The zero-order valence-corrected chi connectivity index (χ0v) is 17.2. The molecule has 0 unspecified atom stereocenters. The van der Waals surface area contributed by atoms with E-state index in [4.69, 9.17) is 4.98 Å². The highest BCUT2D eigenvalue weighted by atomic mass is 32.1. The van der Waals surface area contributed by atoms with Crippen LogP contribution in [0.3, 0.4) is 0 Å². The topological polar surface area (TPSA) is 46.1 Å². The third-order valence-corrected chi connectivity index (χ3v) is 5.94. The van der Waals surface area contributed by atoms with Gasteiger partial charge in [-0.2, -0.15) is 0 Å². The van der Waals surface area contributed by atoms with Gasteiger partial charge in [-0.15, -0.1) is 0 Å². The van der Waals surface area contributed by atoms with Crippen LogP contribution in [0.25, 0.3) is 10.2 Å². The van der Waals surface area contributed by atoms with E-state index in [2.05, 4.69) is 36.2 Å². The third-order valence-electron chi connectivity index (χ3n) is 4.90. The minimum absolute atomic E-state index is 0.0641. The van der Waals surface area contributed by atoms with E-state index in [0.29, 0.717) is 19.4 Å². The minimum Gasteiger partial charge on any atom is -0.282 e. The van der Waals surface area contributed by atoms with Gasteiger partial charge in [-0.05, 0) is 48.2 Å². The highest BCUT2D eigenvalue weighted by Crippen LogP contribution is 2.31. The fourth-order valence-electron chi connectivity index (χ4n) is 3.24. The summed E-state index contributed by atoms with van der Waals surface area (Å²) >= 11 is 1.57. The molecule has 0 radical (unpaired) electrons. The molecular weight excluding hydrogens is 378 g/mol. The average molecular weight is 402 g/mol. The molecule has 0 saturated carbocycles. The van der Waals surface area contributed by atoms with Gasteiger partial charge in [-0.25, -0.2) is 4.98 Å². The van der Waals surface area contributed by atoms with Crippen LogP contribution < -0.4 is 4.90 Å². The number of carbonyl (C=O) groups excluding carboxylic acids is 1. The van der Waals surface area contributed by atoms with Crippen molar-refractivity contribution in [1.82, 2.24) is 9.97 Å². The standard InChI is InChI=1S/C24H23N3OS/c1-2-18-11-13-21-22(16-18)29-24(26-21)27(17-20-10-6-7-15-25-20)23(28)14-12-19-8-4-3-5-9-19/h3-11,13,15-16H,2,12,14,17H2,1H3. The second-order valence-electron chi connectivity index (χ2n) is 6.94. The molecule has 2 heterocycles.